The third kappa shape index (κ3) is 4.36. The largest absolute Gasteiger partial charge is 0.423 e. The average molecular weight is 412 g/mol. The highest BCUT2D eigenvalue weighted by Crippen LogP contribution is 2.36. The number of hydrogen-bond donors (Lipinski definition) is 1. The molecule has 0 saturated heterocycles. The molecule has 1 N–H and O–H groups in total. The number of aromatic amines is 1. The fraction of sp³-hybridized carbons (Fsp3) is 0.167. The van der Waals surface area contributed by atoms with Crippen LogP contribution in [0.25, 0.3) is 10.9 Å². The van der Waals surface area contributed by atoms with Gasteiger partial charge >= 0.3 is 5.97 Å². The summed E-state index contributed by atoms with van der Waals surface area (Å²) >= 11 is 17.8. The monoisotopic (exact) mass is 410 g/mol. The number of H-pyrrole nitrogens is 1. The maximum atomic E-state index is 12.0. The fourth-order valence-electron chi connectivity index (χ4n) is 2.44. The summed E-state index contributed by atoms with van der Waals surface area (Å²) in [4.78, 5) is 31.1. The lowest BCUT2D eigenvalue weighted by atomic mass is 10.2. The summed E-state index contributed by atoms with van der Waals surface area (Å²) in [6.07, 6.45) is 0.992. The molecule has 3 aromatic rings. The highest BCUT2D eigenvalue weighted by molar-refractivity contribution is 6.40. The summed E-state index contributed by atoms with van der Waals surface area (Å²) in [5, 5.41) is 1.21. The van der Waals surface area contributed by atoms with Gasteiger partial charge in [0.15, 0.2) is 5.75 Å². The number of carbonyl (C=O) groups is 1. The van der Waals surface area contributed by atoms with Gasteiger partial charge in [0, 0.05) is 17.9 Å². The number of rotatable bonds is 5. The summed E-state index contributed by atoms with van der Waals surface area (Å²) in [6.45, 7) is 0. The molecule has 0 unspecified atom stereocenters. The minimum atomic E-state index is -0.487. The number of ether oxygens (including phenoxy) is 1. The van der Waals surface area contributed by atoms with Crippen LogP contribution < -0.4 is 10.3 Å². The Morgan fingerprint density at radius 1 is 1.12 bits per heavy atom. The van der Waals surface area contributed by atoms with Crippen LogP contribution in [0.2, 0.25) is 15.1 Å². The lowest BCUT2D eigenvalue weighted by molar-refractivity contribution is -0.134. The smallest absolute Gasteiger partial charge is 0.311 e. The number of nitrogens with zero attached hydrogens (tertiary/aromatic N) is 1. The van der Waals surface area contributed by atoms with Crippen LogP contribution in [0.5, 0.6) is 5.75 Å². The summed E-state index contributed by atoms with van der Waals surface area (Å²) in [5.74, 6) is 0.114. The summed E-state index contributed by atoms with van der Waals surface area (Å²) in [7, 11) is 0. The topological polar surface area (TPSA) is 72.0 Å². The number of benzene rings is 2. The number of carbonyl (C=O) groups excluding carboxylic acids is 1. The molecule has 0 aliphatic heterocycles. The zero-order valence-corrected chi connectivity index (χ0v) is 15.7. The van der Waals surface area contributed by atoms with Crippen LogP contribution in [0.1, 0.15) is 18.7 Å². The highest BCUT2D eigenvalue weighted by Gasteiger charge is 2.14. The second-order valence-electron chi connectivity index (χ2n) is 5.56. The first-order chi connectivity index (χ1) is 12.4. The number of fused-ring (bicyclic) bond motifs is 1. The summed E-state index contributed by atoms with van der Waals surface area (Å²) < 4.78 is 5.21. The van der Waals surface area contributed by atoms with E-state index in [1.807, 2.05) is 6.07 Å². The average Bonchev–Trinajstić information content (AvgIpc) is 2.58. The number of aromatic nitrogens is 2. The molecule has 0 aliphatic carbocycles. The molecule has 3 rings (SSSR count). The second-order valence-corrected chi connectivity index (χ2v) is 6.81. The van der Waals surface area contributed by atoms with Crippen molar-refractivity contribution in [2.75, 3.05) is 0 Å². The maximum Gasteiger partial charge on any atom is 0.311 e. The van der Waals surface area contributed by atoms with Crippen LogP contribution >= 0.6 is 34.8 Å². The molecule has 2 aromatic carbocycles. The van der Waals surface area contributed by atoms with E-state index in [1.165, 1.54) is 12.1 Å². The number of hydrogen-bond acceptors (Lipinski definition) is 4. The van der Waals surface area contributed by atoms with Gasteiger partial charge in [0.2, 0.25) is 0 Å². The number of para-hydroxylation sites is 1. The van der Waals surface area contributed by atoms with Crippen molar-refractivity contribution in [1.82, 2.24) is 9.97 Å². The van der Waals surface area contributed by atoms with Crippen molar-refractivity contribution in [1.29, 1.82) is 0 Å². The first-order valence-corrected chi connectivity index (χ1v) is 8.90. The highest BCUT2D eigenvalue weighted by atomic mass is 35.5. The van der Waals surface area contributed by atoms with Crippen LogP contribution in [-0.4, -0.2) is 15.9 Å². The predicted molar refractivity (Wildman–Crippen MR) is 102 cm³/mol. The molecule has 0 saturated carbocycles. The number of halogens is 3. The molecule has 0 spiro atoms. The SMILES string of the molecule is O=C(CCCc1nc2ccccc2c(=O)[nH]1)Oc1c(Cl)cc(Cl)cc1Cl. The lowest BCUT2D eigenvalue weighted by Crippen LogP contribution is -2.13. The molecular formula is C18H13Cl3N2O3. The van der Waals surface area contributed by atoms with E-state index in [0.717, 1.165) is 0 Å². The third-order valence-corrected chi connectivity index (χ3v) is 4.42. The van der Waals surface area contributed by atoms with E-state index in [4.69, 9.17) is 39.5 Å². The molecule has 1 heterocycles. The third-order valence-electron chi connectivity index (χ3n) is 3.64. The second kappa shape index (κ2) is 8.08. The normalized spacial score (nSPS) is 10.9. The van der Waals surface area contributed by atoms with Crippen molar-refractivity contribution in [2.45, 2.75) is 19.3 Å². The Morgan fingerprint density at radius 3 is 2.54 bits per heavy atom. The van der Waals surface area contributed by atoms with E-state index in [9.17, 15) is 9.59 Å². The zero-order chi connectivity index (χ0) is 18.7. The van der Waals surface area contributed by atoms with Gasteiger partial charge in [-0.05, 0) is 30.7 Å². The predicted octanol–water partition coefficient (Wildman–Crippen LogP) is 4.81. The van der Waals surface area contributed by atoms with Gasteiger partial charge in [-0.15, -0.1) is 0 Å². The molecule has 8 heteroatoms. The molecular weight excluding hydrogens is 399 g/mol. The summed E-state index contributed by atoms with van der Waals surface area (Å²) in [6, 6.07) is 9.97. The van der Waals surface area contributed by atoms with Gasteiger partial charge < -0.3 is 9.72 Å². The minimum Gasteiger partial charge on any atom is -0.423 e. The van der Waals surface area contributed by atoms with Gasteiger partial charge in [0.1, 0.15) is 5.82 Å². The first kappa shape index (κ1) is 18.7. The van der Waals surface area contributed by atoms with E-state index in [1.54, 1.807) is 18.2 Å². The molecule has 5 nitrogen and oxygen atoms in total. The van der Waals surface area contributed by atoms with Crippen molar-refractivity contribution in [2.24, 2.45) is 0 Å². The maximum absolute atomic E-state index is 12.0. The van der Waals surface area contributed by atoms with Gasteiger partial charge in [-0.1, -0.05) is 46.9 Å². The minimum absolute atomic E-state index is 0.0833. The molecule has 0 aliphatic rings. The zero-order valence-electron chi connectivity index (χ0n) is 13.4. The van der Waals surface area contributed by atoms with E-state index in [2.05, 4.69) is 9.97 Å². The molecule has 0 fully saturated rings. The molecule has 134 valence electrons. The number of aryl methyl sites for hydroxylation is 1. The van der Waals surface area contributed by atoms with Gasteiger partial charge in [-0.25, -0.2) is 4.98 Å². The van der Waals surface area contributed by atoms with Crippen molar-refractivity contribution < 1.29 is 9.53 Å². The van der Waals surface area contributed by atoms with Gasteiger partial charge in [0.25, 0.3) is 5.56 Å². The van der Waals surface area contributed by atoms with E-state index >= 15 is 0 Å². The van der Waals surface area contributed by atoms with Crippen LogP contribution in [-0.2, 0) is 11.2 Å². The molecule has 26 heavy (non-hydrogen) atoms. The van der Waals surface area contributed by atoms with E-state index in [-0.39, 0.29) is 27.8 Å². The Balaban J connectivity index is 1.62. The van der Waals surface area contributed by atoms with Crippen LogP contribution in [0.15, 0.2) is 41.2 Å². The number of nitrogens with one attached hydrogen (secondary N) is 1. The Labute approximate surface area is 163 Å². The molecule has 0 radical (unpaired) electrons. The molecule has 0 bridgehead atoms. The standard InChI is InChI=1S/C18H13Cl3N2O3/c19-10-8-12(20)17(13(21)9-10)26-16(24)7-3-6-15-22-14-5-2-1-4-11(14)18(25)23-15/h1-2,4-5,8-9H,3,6-7H2,(H,22,23,25). The van der Waals surface area contributed by atoms with E-state index in [0.29, 0.717) is 34.6 Å². The van der Waals surface area contributed by atoms with Gasteiger partial charge in [-0.2, -0.15) is 0 Å². The summed E-state index contributed by atoms with van der Waals surface area (Å²) in [5.41, 5.74) is 0.418. The fourth-order valence-corrected chi connectivity index (χ4v) is 3.34. The van der Waals surface area contributed by atoms with Gasteiger partial charge in [0.05, 0.1) is 20.9 Å². The lowest BCUT2D eigenvalue weighted by Gasteiger charge is -2.08. The van der Waals surface area contributed by atoms with Crippen molar-refractivity contribution in [3.8, 4) is 5.75 Å². The van der Waals surface area contributed by atoms with Crippen molar-refractivity contribution in [3.05, 3.63) is 67.6 Å². The van der Waals surface area contributed by atoms with E-state index < -0.39 is 5.97 Å². The van der Waals surface area contributed by atoms with Crippen LogP contribution in [0.4, 0.5) is 0 Å². The van der Waals surface area contributed by atoms with Crippen LogP contribution in [0.3, 0.4) is 0 Å². The van der Waals surface area contributed by atoms with Crippen LogP contribution in [0, 0.1) is 0 Å². The van der Waals surface area contributed by atoms with Gasteiger partial charge in [-0.3, -0.25) is 9.59 Å². The Morgan fingerprint density at radius 2 is 1.81 bits per heavy atom. The Bertz CT molecular complexity index is 1010. The quantitative estimate of drug-likeness (QED) is 0.483. The Kier molecular flexibility index (Phi) is 5.81. The molecule has 0 atom stereocenters. The molecule has 0 amide bonds. The van der Waals surface area contributed by atoms with Crippen molar-refractivity contribution >= 4 is 51.7 Å². The number of esters is 1. The molecule has 1 aromatic heterocycles. The van der Waals surface area contributed by atoms with Crippen molar-refractivity contribution in [3.63, 3.8) is 0 Å². The first-order valence-electron chi connectivity index (χ1n) is 7.77. The Hall–Kier alpha value is -2.08.